The van der Waals surface area contributed by atoms with Crippen LogP contribution in [0.2, 0.25) is 0 Å². The molecule has 0 heterocycles. The molecule has 0 aromatic rings. The van der Waals surface area contributed by atoms with E-state index < -0.39 is 0 Å². The highest BCUT2D eigenvalue weighted by molar-refractivity contribution is 5.21. The Kier molecular flexibility index (Phi) is 11.5. The van der Waals surface area contributed by atoms with Crippen molar-refractivity contribution in [2.45, 2.75) is 39.5 Å². The highest BCUT2D eigenvalue weighted by atomic mass is 14.5. The molecule has 0 aromatic carbocycles. The van der Waals surface area contributed by atoms with E-state index >= 15 is 0 Å². The van der Waals surface area contributed by atoms with Crippen LogP contribution < -0.4 is 5.73 Å². The fraction of sp³-hybridized carbons (Fsp3) is 0.375. The average molecular weight is 231 g/mol. The summed E-state index contributed by atoms with van der Waals surface area (Å²) in [6.07, 6.45) is 22.8. The highest BCUT2D eigenvalue weighted by Gasteiger charge is 1.84. The zero-order valence-electron chi connectivity index (χ0n) is 11.1. The van der Waals surface area contributed by atoms with Crippen molar-refractivity contribution in [2.75, 3.05) is 0 Å². The number of hydrogen-bond acceptors (Lipinski definition) is 1. The lowest BCUT2D eigenvalue weighted by atomic mass is 10.2. The van der Waals surface area contributed by atoms with Gasteiger partial charge in [0.15, 0.2) is 0 Å². The topological polar surface area (TPSA) is 26.0 Å². The van der Waals surface area contributed by atoms with Crippen molar-refractivity contribution in [3.63, 3.8) is 0 Å². The molecule has 0 saturated carbocycles. The molecule has 0 aliphatic rings. The van der Waals surface area contributed by atoms with Crippen molar-refractivity contribution in [3.8, 4) is 0 Å². The van der Waals surface area contributed by atoms with Crippen LogP contribution >= 0.6 is 0 Å². The van der Waals surface area contributed by atoms with Gasteiger partial charge in [0.25, 0.3) is 0 Å². The standard InChI is InChI=1S/C16H25N/c1-3-5-7-9-10-11-13-15-16(17)14-12-8-6-4-2/h3,5,7,9-11,13-15H,4,6,8,12,17H2,1-2H3. The summed E-state index contributed by atoms with van der Waals surface area (Å²) in [7, 11) is 0. The molecule has 94 valence electrons. The Hall–Kier alpha value is -1.50. The van der Waals surface area contributed by atoms with Gasteiger partial charge in [0.05, 0.1) is 0 Å². The Morgan fingerprint density at radius 2 is 1.59 bits per heavy atom. The zero-order chi connectivity index (χ0) is 12.8. The minimum absolute atomic E-state index is 0.850. The molecule has 0 atom stereocenters. The maximum atomic E-state index is 5.83. The van der Waals surface area contributed by atoms with Gasteiger partial charge < -0.3 is 5.73 Å². The first kappa shape index (κ1) is 15.5. The lowest BCUT2D eigenvalue weighted by Gasteiger charge is -1.94. The molecule has 2 N–H and O–H groups in total. The largest absolute Gasteiger partial charge is 0.399 e. The van der Waals surface area contributed by atoms with E-state index in [2.05, 4.69) is 13.0 Å². The van der Waals surface area contributed by atoms with Gasteiger partial charge in [0.1, 0.15) is 0 Å². The molecule has 1 heteroatoms. The number of nitrogens with two attached hydrogens (primary N) is 1. The van der Waals surface area contributed by atoms with Gasteiger partial charge in [-0.2, -0.15) is 0 Å². The minimum Gasteiger partial charge on any atom is -0.399 e. The molecule has 0 aliphatic carbocycles. The SMILES string of the molecule is CC=CC=CC=CC=CC(N)=CCCCCC. The zero-order valence-corrected chi connectivity index (χ0v) is 11.1. The summed E-state index contributed by atoms with van der Waals surface area (Å²) in [5.41, 5.74) is 6.68. The van der Waals surface area contributed by atoms with Crippen LogP contribution in [0, 0.1) is 0 Å². The molecule has 0 radical (unpaired) electrons. The summed E-state index contributed by atoms with van der Waals surface area (Å²) in [5.74, 6) is 0. The molecule has 0 aromatic heterocycles. The van der Waals surface area contributed by atoms with E-state index in [0.717, 1.165) is 12.1 Å². The van der Waals surface area contributed by atoms with Crippen LogP contribution in [-0.2, 0) is 0 Å². The van der Waals surface area contributed by atoms with Gasteiger partial charge in [0.2, 0.25) is 0 Å². The summed E-state index contributed by atoms with van der Waals surface area (Å²) in [4.78, 5) is 0. The molecule has 0 amide bonds. The fourth-order valence-corrected chi connectivity index (χ4v) is 1.27. The monoisotopic (exact) mass is 231 g/mol. The van der Waals surface area contributed by atoms with Gasteiger partial charge >= 0.3 is 0 Å². The number of rotatable bonds is 8. The summed E-state index contributed by atoms with van der Waals surface area (Å²) in [6.45, 7) is 4.21. The second kappa shape index (κ2) is 12.6. The molecule has 0 bridgehead atoms. The first-order chi connectivity index (χ1) is 8.31. The smallest absolute Gasteiger partial charge is 0.0273 e. The van der Waals surface area contributed by atoms with E-state index in [1.165, 1.54) is 19.3 Å². The van der Waals surface area contributed by atoms with Crippen LogP contribution in [0.3, 0.4) is 0 Å². The van der Waals surface area contributed by atoms with Crippen LogP contribution in [0.1, 0.15) is 39.5 Å². The van der Waals surface area contributed by atoms with E-state index in [9.17, 15) is 0 Å². The van der Waals surface area contributed by atoms with Crippen molar-refractivity contribution < 1.29 is 0 Å². The molecule has 0 aliphatic heterocycles. The molecule has 0 rings (SSSR count). The maximum Gasteiger partial charge on any atom is 0.0273 e. The van der Waals surface area contributed by atoms with E-state index in [1.54, 1.807) is 0 Å². The second-order valence-corrected chi connectivity index (χ2v) is 3.85. The van der Waals surface area contributed by atoms with Crippen LogP contribution in [0.25, 0.3) is 0 Å². The van der Waals surface area contributed by atoms with Crippen molar-refractivity contribution in [1.29, 1.82) is 0 Å². The molecule has 0 unspecified atom stereocenters. The van der Waals surface area contributed by atoms with Crippen LogP contribution in [-0.4, -0.2) is 0 Å². The van der Waals surface area contributed by atoms with E-state index in [-0.39, 0.29) is 0 Å². The summed E-state index contributed by atoms with van der Waals surface area (Å²) in [6, 6.07) is 0. The summed E-state index contributed by atoms with van der Waals surface area (Å²) in [5, 5.41) is 0. The summed E-state index contributed by atoms with van der Waals surface area (Å²) < 4.78 is 0. The predicted molar refractivity (Wildman–Crippen MR) is 78.6 cm³/mol. The molecular formula is C16H25N. The second-order valence-electron chi connectivity index (χ2n) is 3.85. The third-order valence-corrected chi connectivity index (χ3v) is 2.22. The molecule has 17 heavy (non-hydrogen) atoms. The van der Waals surface area contributed by atoms with Crippen LogP contribution in [0.4, 0.5) is 0 Å². The molecule has 1 nitrogen and oxygen atoms in total. The molecule has 0 saturated heterocycles. The van der Waals surface area contributed by atoms with Crippen molar-refractivity contribution in [1.82, 2.24) is 0 Å². The molecular weight excluding hydrogens is 206 g/mol. The van der Waals surface area contributed by atoms with E-state index in [4.69, 9.17) is 5.73 Å². The fourth-order valence-electron chi connectivity index (χ4n) is 1.27. The molecule has 0 spiro atoms. The third-order valence-electron chi connectivity index (χ3n) is 2.22. The van der Waals surface area contributed by atoms with Gasteiger partial charge in [-0.1, -0.05) is 68.4 Å². The third kappa shape index (κ3) is 12.4. The number of allylic oxidation sites excluding steroid dienone is 9. The van der Waals surface area contributed by atoms with Gasteiger partial charge in [-0.25, -0.2) is 0 Å². The van der Waals surface area contributed by atoms with Crippen molar-refractivity contribution in [3.05, 3.63) is 60.4 Å². The summed E-state index contributed by atoms with van der Waals surface area (Å²) >= 11 is 0. The lowest BCUT2D eigenvalue weighted by Crippen LogP contribution is -1.91. The Bertz CT molecular complexity index is 303. The predicted octanol–water partition coefficient (Wildman–Crippen LogP) is 4.65. The maximum absolute atomic E-state index is 5.83. The first-order valence-electron chi connectivity index (χ1n) is 6.39. The van der Waals surface area contributed by atoms with Gasteiger partial charge in [0, 0.05) is 5.70 Å². The average Bonchev–Trinajstić information content (AvgIpc) is 2.33. The minimum atomic E-state index is 0.850. The van der Waals surface area contributed by atoms with Crippen LogP contribution in [0.5, 0.6) is 0 Å². The number of hydrogen-bond donors (Lipinski definition) is 1. The van der Waals surface area contributed by atoms with Gasteiger partial charge in [-0.05, 0) is 25.8 Å². The Morgan fingerprint density at radius 3 is 2.24 bits per heavy atom. The van der Waals surface area contributed by atoms with Crippen molar-refractivity contribution in [2.24, 2.45) is 5.73 Å². The van der Waals surface area contributed by atoms with Crippen LogP contribution in [0.15, 0.2) is 60.4 Å². The molecule has 0 fully saturated rings. The number of unbranched alkanes of at least 4 members (excludes halogenated alkanes) is 3. The first-order valence-corrected chi connectivity index (χ1v) is 6.39. The van der Waals surface area contributed by atoms with Gasteiger partial charge in [-0.3, -0.25) is 0 Å². The highest BCUT2D eigenvalue weighted by Crippen LogP contribution is 2.01. The van der Waals surface area contributed by atoms with Gasteiger partial charge in [-0.15, -0.1) is 0 Å². The lowest BCUT2D eigenvalue weighted by molar-refractivity contribution is 0.727. The van der Waals surface area contributed by atoms with E-state index in [1.807, 2.05) is 55.5 Å². The Labute approximate surface area is 106 Å². The van der Waals surface area contributed by atoms with Crippen molar-refractivity contribution >= 4 is 0 Å². The van der Waals surface area contributed by atoms with E-state index in [0.29, 0.717) is 0 Å². The quantitative estimate of drug-likeness (QED) is 0.477. The normalized spacial score (nSPS) is 13.9. The Balaban J connectivity index is 3.82. The Morgan fingerprint density at radius 1 is 0.941 bits per heavy atom.